The van der Waals surface area contributed by atoms with Gasteiger partial charge in [-0.1, -0.05) is 13.8 Å². The Bertz CT molecular complexity index is 263. The van der Waals surface area contributed by atoms with E-state index in [0.29, 0.717) is 30.7 Å². The molecule has 1 fully saturated rings. The van der Waals surface area contributed by atoms with Crippen LogP contribution in [0.15, 0.2) is 0 Å². The molecule has 1 saturated carbocycles. The molecule has 18 heavy (non-hydrogen) atoms. The maximum Gasteiger partial charge on any atom is 0.222 e. The van der Waals surface area contributed by atoms with Crippen LogP contribution in [-0.4, -0.2) is 42.2 Å². The number of carbonyl (C=O) groups is 1. The zero-order valence-electron chi connectivity index (χ0n) is 11.9. The number of rotatable bonds is 7. The summed E-state index contributed by atoms with van der Waals surface area (Å²) < 4.78 is 0. The van der Waals surface area contributed by atoms with E-state index in [2.05, 4.69) is 13.8 Å². The molecule has 3 N–H and O–H groups in total. The van der Waals surface area contributed by atoms with Crippen LogP contribution in [0.2, 0.25) is 0 Å². The molecule has 0 aromatic heterocycles. The first kappa shape index (κ1) is 15.4. The summed E-state index contributed by atoms with van der Waals surface area (Å²) in [6.07, 6.45) is 3.10. The van der Waals surface area contributed by atoms with E-state index >= 15 is 0 Å². The molecule has 0 saturated heterocycles. The maximum absolute atomic E-state index is 12.1. The fourth-order valence-electron chi connectivity index (χ4n) is 2.67. The summed E-state index contributed by atoms with van der Waals surface area (Å²) in [5.74, 6) is 1.55. The predicted octanol–water partition coefficient (Wildman–Crippen LogP) is 1.23. The molecule has 0 aromatic carbocycles. The molecular weight excluding hydrogens is 228 g/mol. The minimum absolute atomic E-state index is 0.142. The number of aliphatic hydroxyl groups is 1. The smallest absolute Gasteiger partial charge is 0.222 e. The van der Waals surface area contributed by atoms with Gasteiger partial charge in [0.25, 0.3) is 0 Å². The van der Waals surface area contributed by atoms with Crippen LogP contribution in [0.1, 0.15) is 39.5 Å². The third-order valence-corrected chi connectivity index (χ3v) is 3.77. The predicted molar refractivity (Wildman–Crippen MR) is 73.0 cm³/mol. The number of amides is 1. The van der Waals surface area contributed by atoms with Gasteiger partial charge in [-0.05, 0) is 43.6 Å². The van der Waals surface area contributed by atoms with Crippen molar-refractivity contribution in [1.29, 1.82) is 0 Å². The molecule has 106 valence electrons. The van der Waals surface area contributed by atoms with E-state index in [1.165, 1.54) is 0 Å². The summed E-state index contributed by atoms with van der Waals surface area (Å²) in [6.45, 7) is 5.67. The normalized spacial score (nSPS) is 24.8. The van der Waals surface area contributed by atoms with Gasteiger partial charge in [-0.15, -0.1) is 0 Å². The second kappa shape index (κ2) is 7.10. The molecule has 1 unspecified atom stereocenters. The molecule has 1 amide bonds. The number of hydrogen-bond donors (Lipinski definition) is 2. The lowest BCUT2D eigenvalue weighted by atomic mass is 9.82. The Morgan fingerprint density at radius 2 is 2.06 bits per heavy atom. The molecule has 0 bridgehead atoms. The summed E-state index contributed by atoms with van der Waals surface area (Å²) in [5.41, 5.74) is 5.72. The van der Waals surface area contributed by atoms with E-state index < -0.39 is 0 Å². The lowest BCUT2D eigenvalue weighted by Gasteiger charge is -2.34. The number of nitrogens with two attached hydrogens (primary N) is 1. The highest BCUT2D eigenvalue weighted by Gasteiger charge is 2.29. The lowest BCUT2D eigenvalue weighted by molar-refractivity contribution is -0.132. The molecule has 0 aliphatic heterocycles. The quantitative estimate of drug-likeness (QED) is 0.720. The summed E-state index contributed by atoms with van der Waals surface area (Å²) in [4.78, 5) is 13.9. The molecule has 1 aliphatic carbocycles. The average molecular weight is 256 g/mol. The van der Waals surface area contributed by atoms with Gasteiger partial charge in [0.05, 0.1) is 6.10 Å². The molecular formula is C14H28N2O2. The topological polar surface area (TPSA) is 66.6 Å². The van der Waals surface area contributed by atoms with Crippen molar-refractivity contribution in [2.45, 2.75) is 45.6 Å². The van der Waals surface area contributed by atoms with Gasteiger partial charge in [-0.2, -0.15) is 0 Å². The van der Waals surface area contributed by atoms with E-state index in [1.54, 1.807) is 4.90 Å². The van der Waals surface area contributed by atoms with Crippen LogP contribution in [0.25, 0.3) is 0 Å². The Morgan fingerprint density at radius 3 is 2.50 bits per heavy atom. The van der Waals surface area contributed by atoms with Crippen molar-refractivity contribution in [3.8, 4) is 0 Å². The molecule has 1 rings (SSSR count). The van der Waals surface area contributed by atoms with Crippen molar-refractivity contribution in [3.05, 3.63) is 0 Å². The molecule has 4 heteroatoms. The van der Waals surface area contributed by atoms with Crippen molar-refractivity contribution >= 4 is 5.91 Å². The first-order valence-electron chi connectivity index (χ1n) is 7.04. The van der Waals surface area contributed by atoms with Crippen LogP contribution >= 0.6 is 0 Å². The van der Waals surface area contributed by atoms with Gasteiger partial charge in [-0.25, -0.2) is 0 Å². The van der Waals surface area contributed by atoms with Crippen LogP contribution in [0.4, 0.5) is 0 Å². The highest BCUT2D eigenvalue weighted by molar-refractivity contribution is 5.76. The van der Waals surface area contributed by atoms with Crippen molar-refractivity contribution in [2.75, 3.05) is 20.1 Å². The Kier molecular flexibility index (Phi) is 6.09. The second-order valence-corrected chi connectivity index (χ2v) is 6.20. The minimum atomic E-state index is -0.142. The molecule has 0 radical (unpaired) electrons. The van der Waals surface area contributed by atoms with Crippen LogP contribution < -0.4 is 5.73 Å². The van der Waals surface area contributed by atoms with E-state index in [0.717, 1.165) is 25.8 Å². The summed E-state index contributed by atoms with van der Waals surface area (Å²) in [5, 5.41) is 9.23. The number of hydrogen-bond acceptors (Lipinski definition) is 3. The van der Waals surface area contributed by atoms with Crippen molar-refractivity contribution in [2.24, 2.45) is 23.5 Å². The van der Waals surface area contributed by atoms with Crippen LogP contribution in [0.5, 0.6) is 0 Å². The van der Waals surface area contributed by atoms with Gasteiger partial charge in [0.1, 0.15) is 0 Å². The van der Waals surface area contributed by atoms with Crippen molar-refractivity contribution in [1.82, 2.24) is 4.90 Å². The van der Waals surface area contributed by atoms with Crippen molar-refractivity contribution < 1.29 is 9.90 Å². The summed E-state index contributed by atoms with van der Waals surface area (Å²) in [7, 11) is 1.86. The minimum Gasteiger partial charge on any atom is -0.393 e. The molecule has 0 aromatic rings. The molecule has 1 atom stereocenters. The van der Waals surface area contributed by atoms with E-state index in [1.807, 2.05) is 7.05 Å². The Labute approximate surface area is 111 Å². The molecule has 0 spiro atoms. The first-order valence-corrected chi connectivity index (χ1v) is 7.04. The number of carbonyl (C=O) groups excluding carboxylic acids is 1. The molecule has 1 aliphatic rings. The van der Waals surface area contributed by atoms with E-state index in [4.69, 9.17) is 5.73 Å². The molecule has 0 heterocycles. The largest absolute Gasteiger partial charge is 0.393 e. The third kappa shape index (κ3) is 4.94. The zero-order valence-corrected chi connectivity index (χ0v) is 11.9. The van der Waals surface area contributed by atoms with Crippen LogP contribution in [0, 0.1) is 17.8 Å². The summed E-state index contributed by atoms with van der Waals surface area (Å²) in [6, 6.07) is 0. The fraction of sp³-hybridized carbons (Fsp3) is 0.929. The second-order valence-electron chi connectivity index (χ2n) is 6.20. The van der Waals surface area contributed by atoms with Crippen LogP contribution in [0.3, 0.4) is 0 Å². The van der Waals surface area contributed by atoms with Gasteiger partial charge < -0.3 is 15.7 Å². The number of aliphatic hydroxyl groups excluding tert-OH is 1. The Morgan fingerprint density at radius 1 is 1.44 bits per heavy atom. The standard InChI is InChI=1S/C14H28N2O2/c1-10(2)4-11(8-15)7-14(18)16(3)9-12-5-13(17)6-12/h10-13,17H,4-9,15H2,1-3H3. The summed E-state index contributed by atoms with van der Waals surface area (Å²) >= 11 is 0. The fourth-order valence-corrected chi connectivity index (χ4v) is 2.67. The van der Waals surface area contributed by atoms with Gasteiger partial charge in [0, 0.05) is 20.0 Å². The monoisotopic (exact) mass is 256 g/mol. The SMILES string of the molecule is CC(C)CC(CN)CC(=O)N(C)CC1CC(O)C1. The van der Waals surface area contributed by atoms with E-state index in [9.17, 15) is 9.90 Å². The zero-order chi connectivity index (χ0) is 13.7. The lowest BCUT2D eigenvalue weighted by Crippen LogP contribution is -2.40. The Balaban J connectivity index is 2.29. The van der Waals surface area contributed by atoms with Gasteiger partial charge in [-0.3, -0.25) is 4.79 Å². The van der Waals surface area contributed by atoms with Gasteiger partial charge in [0.15, 0.2) is 0 Å². The third-order valence-electron chi connectivity index (χ3n) is 3.77. The van der Waals surface area contributed by atoms with Gasteiger partial charge in [0.2, 0.25) is 5.91 Å². The highest BCUT2D eigenvalue weighted by atomic mass is 16.3. The van der Waals surface area contributed by atoms with Crippen molar-refractivity contribution in [3.63, 3.8) is 0 Å². The van der Waals surface area contributed by atoms with Gasteiger partial charge >= 0.3 is 0 Å². The molecule has 4 nitrogen and oxygen atoms in total. The van der Waals surface area contributed by atoms with E-state index in [-0.39, 0.29) is 12.0 Å². The average Bonchev–Trinajstić information content (AvgIpc) is 2.25. The Hall–Kier alpha value is -0.610. The highest BCUT2D eigenvalue weighted by Crippen LogP contribution is 2.28. The van der Waals surface area contributed by atoms with Crippen LogP contribution in [-0.2, 0) is 4.79 Å². The number of nitrogens with zero attached hydrogens (tertiary/aromatic N) is 1. The first-order chi connectivity index (χ1) is 8.42. The maximum atomic E-state index is 12.1.